The summed E-state index contributed by atoms with van der Waals surface area (Å²) in [5, 5.41) is 9.36. The average Bonchev–Trinajstić information content (AvgIpc) is 2.15. The number of aliphatic hydroxyl groups excluding tert-OH is 1. The third kappa shape index (κ3) is 2.50. The molecule has 1 N–H and O–H groups in total. The minimum absolute atomic E-state index is 0.265. The Morgan fingerprint density at radius 2 is 2.38 bits per heavy atom. The summed E-state index contributed by atoms with van der Waals surface area (Å²) in [7, 11) is 1.21. The molecule has 70 valence electrons. The van der Waals surface area contributed by atoms with Crippen LogP contribution in [0.2, 0.25) is 0 Å². The lowest BCUT2D eigenvalue weighted by Gasteiger charge is -2.06. The van der Waals surface area contributed by atoms with Crippen molar-refractivity contribution >= 4 is 21.9 Å². The number of rotatable bonds is 2. The molecule has 0 aliphatic rings. The number of esters is 1. The predicted octanol–water partition coefficient (Wildman–Crippen LogP) is 1.05. The van der Waals surface area contributed by atoms with Crippen molar-refractivity contribution in [2.75, 3.05) is 7.11 Å². The zero-order valence-electron chi connectivity index (χ0n) is 6.90. The number of aliphatic hydroxyl groups is 1. The van der Waals surface area contributed by atoms with Crippen molar-refractivity contribution < 1.29 is 14.6 Å². The van der Waals surface area contributed by atoms with Gasteiger partial charge in [0.25, 0.3) is 0 Å². The van der Waals surface area contributed by atoms with Crippen molar-refractivity contribution in [3.63, 3.8) is 0 Å². The van der Waals surface area contributed by atoms with E-state index < -0.39 is 12.1 Å². The number of pyridine rings is 1. The molecule has 0 spiro atoms. The summed E-state index contributed by atoms with van der Waals surface area (Å²) < 4.78 is 4.92. The molecule has 0 amide bonds. The molecule has 1 aromatic heterocycles. The Hall–Kier alpha value is -0.940. The number of hydrogen-bond acceptors (Lipinski definition) is 4. The minimum atomic E-state index is -1.32. The first kappa shape index (κ1) is 10.1. The molecule has 1 aromatic rings. The first-order chi connectivity index (χ1) is 6.15. The van der Waals surface area contributed by atoms with E-state index in [1.165, 1.54) is 7.11 Å². The number of methoxy groups -OCH3 is 1. The van der Waals surface area contributed by atoms with E-state index in [1.807, 2.05) is 0 Å². The number of halogens is 1. The van der Waals surface area contributed by atoms with Gasteiger partial charge in [-0.2, -0.15) is 0 Å². The Labute approximate surface area is 83.7 Å². The first-order valence-corrected chi connectivity index (χ1v) is 4.33. The summed E-state index contributed by atoms with van der Waals surface area (Å²) in [5.74, 6) is -0.717. The number of nitrogens with zero attached hydrogens (tertiary/aromatic N) is 1. The van der Waals surface area contributed by atoms with Gasteiger partial charge in [0.1, 0.15) is 4.60 Å². The maximum atomic E-state index is 10.9. The predicted molar refractivity (Wildman–Crippen MR) is 48.9 cm³/mol. The summed E-state index contributed by atoms with van der Waals surface area (Å²) in [4.78, 5) is 14.8. The fourth-order valence-corrected chi connectivity index (χ4v) is 1.17. The fourth-order valence-electron chi connectivity index (χ4n) is 0.809. The molecule has 0 saturated heterocycles. The smallest absolute Gasteiger partial charge is 0.341 e. The Morgan fingerprint density at radius 1 is 1.69 bits per heavy atom. The molecule has 13 heavy (non-hydrogen) atoms. The quantitative estimate of drug-likeness (QED) is 0.625. The normalized spacial score (nSPS) is 12.2. The van der Waals surface area contributed by atoms with Gasteiger partial charge in [-0.15, -0.1) is 0 Å². The molecule has 1 rings (SSSR count). The summed E-state index contributed by atoms with van der Waals surface area (Å²) >= 11 is 3.13. The van der Waals surface area contributed by atoms with Crippen molar-refractivity contribution in [2.24, 2.45) is 0 Å². The SMILES string of the molecule is COC(=O)C(O)c1cccc(Br)n1. The van der Waals surface area contributed by atoms with Gasteiger partial charge < -0.3 is 9.84 Å². The van der Waals surface area contributed by atoms with Crippen LogP contribution in [0.1, 0.15) is 11.8 Å². The van der Waals surface area contributed by atoms with Gasteiger partial charge in [0.2, 0.25) is 0 Å². The van der Waals surface area contributed by atoms with Gasteiger partial charge in [-0.05, 0) is 28.1 Å². The lowest BCUT2D eigenvalue weighted by Crippen LogP contribution is -2.14. The molecule has 5 heteroatoms. The van der Waals surface area contributed by atoms with Crippen molar-refractivity contribution in [3.8, 4) is 0 Å². The summed E-state index contributed by atoms with van der Waals surface area (Å²) in [6.07, 6.45) is -1.32. The van der Waals surface area contributed by atoms with E-state index in [2.05, 4.69) is 25.7 Å². The Morgan fingerprint density at radius 3 is 2.92 bits per heavy atom. The van der Waals surface area contributed by atoms with Gasteiger partial charge in [-0.3, -0.25) is 0 Å². The van der Waals surface area contributed by atoms with Crippen molar-refractivity contribution in [1.29, 1.82) is 0 Å². The Kier molecular flexibility index (Phi) is 3.39. The molecule has 0 aliphatic carbocycles. The number of hydrogen-bond donors (Lipinski definition) is 1. The van der Waals surface area contributed by atoms with Crippen LogP contribution in [-0.4, -0.2) is 23.2 Å². The standard InChI is InChI=1S/C8H8BrNO3/c1-13-8(12)7(11)5-3-2-4-6(9)10-5/h2-4,7,11H,1H3. The molecule has 0 aromatic carbocycles. The average molecular weight is 246 g/mol. The van der Waals surface area contributed by atoms with Crippen LogP contribution in [0, 0.1) is 0 Å². The third-order valence-corrected chi connectivity index (χ3v) is 1.88. The highest BCUT2D eigenvalue weighted by Gasteiger charge is 2.18. The van der Waals surface area contributed by atoms with Crippen LogP contribution < -0.4 is 0 Å². The van der Waals surface area contributed by atoms with E-state index in [-0.39, 0.29) is 5.69 Å². The van der Waals surface area contributed by atoms with Crippen LogP contribution in [0.4, 0.5) is 0 Å². The number of carbonyl (C=O) groups is 1. The van der Waals surface area contributed by atoms with E-state index in [0.29, 0.717) is 4.60 Å². The monoisotopic (exact) mass is 245 g/mol. The first-order valence-electron chi connectivity index (χ1n) is 3.53. The van der Waals surface area contributed by atoms with E-state index >= 15 is 0 Å². The molecular formula is C8H8BrNO3. The Balaban J connectivity index is 2.88. The highest BCUT2D eigenvalue weighted by Crippen LogP contribution is 2.14. The van der Waals surface area contributed by atoms with Gasteiger partial charge in [0.05, 0.1) is 12.8 Å². The van der Waals surface area contributed by atoms with E-state index in [9.17, 15) is 9.90 Å². The van der Waals surface area contributed by atoms with Crippen molar-refractivity contribution in [3.05, 3.63) is 28.5 Å². The molecule has 1 heterocycles. The van der Waals surface area contributed by atoms with Crippen molar-refractivity contribution in [2.45, 2.75) is 6.10 Å². The molecule has 1 atom stereocenters. The minimum Gasteiger partial charge on any atom is -0.467 e. The summed E-state index contributed by atoms with van der Waals surface area (Å²) in [5.41, 5.74) is 0.265. The topological polar surface area (TPSA) is 59.4 Å². The van der Waals surface area contributed by atoms with Crippen LogP contribution >= 0.6 is 15.9 Å². The second-order valence-corrected chi connectivity index (χ2v) is 3.12. The van der Waals surface area contributed by atoms with Crippen LogP contribution in [0.3, 0.4) is 0 Å². The van der Waals surface area contributed by atoms with Gasteiger partial charge in [0.15, 0.2) is 6.10 Å². The number of ether oxygens (including phenoxy) is 1. The van der Waals surface area contributed by atoms with Gasteiger partial charge in [0, 0.05) is 0 Å². The maximum absolute atomic E-state index is 10.9. The summed E-state index contributed by atoms with van der Waals surface area (Å²) in [6.45, 7) is 0. The third-order valence-electron chi connectivity index (χ3n) is 1.44. The van der Waals surface area contributed by atoms with E-state index in [1.54, 1.807) is 18.2 Å². The highest BCUT2D eigenvalue weighted by molar-refractivity contribution is 9.10. The zero-order chi connectivity index (χ0) is 9.84. The molecule has 1 unspecified atom stereocenters. The molecule has 0 saturated carbocycles. The van der Waals surface area contributed by atoms with E-state index in [0.717, 1.165) is 0 Å². The fraction of sp³-hybridized carbons (Fsp3) is 0.250. The Bertz CT molecular complexity index is 316. The summed E-state index contributed by atoms with van der Waals surface area (Å²) in [6, 6.07) is 4.93. The number of carbonyl (C=O) groups excluding carboxylic acids is 1. The molecule has 0 bridgehead atoms. The van der Waals surface area contributed by atoms with Gasteiger partial charge >= 0.3 is 5.97 Å². The largest absolute Gasteiger partial charge is 0.467 e. The lowest BCUT2D eigenvalue weighted by molar-refractivity contribution is -0.150. The maximum Gasteiger partial charge on any atom is 0.341 e. The van der Waals surface area contributed by atoms with Gasteiger partial charge in [-0.25, -0.2) is 9.78 Å². The second kappa shape index (κ2) is 4.34. The lowest BCUT2D eigenvalue weighted by atomic mass is 10.2. The van der Waals surface area contributed by atoms with Gasteiger partial charge in [-0.1, -0.05) is 6.07 Å². The molecule has 0 fully saturated rings. The van der Waals surface area contributed by atoms with Crippen LogP contribution in [0.25, 0.3) is 0 Å². The van der Waals surface area contributed by atoms with Crippen LogP contribution in [0.15, 0.2) is 22.8 Å². The molecule has 0 radical (unpaired) electrons. The van der Waals surface area contributed by atoms with Crippen molar-refractivity contribution in [1.82, 2.24) is 4.98 Å². The second-order valence-electron chi connectivity index (χ2n) is 2.31. The molecule has 0 aliphatic heterocycles. The highest BCUT2D eigenvalue weighted by atomic mass is 79.9. The molecule has 4 nitrogen and oxygen atoms in total. The zero-order valence-corrected chi connectivity index (χ0v) is 8.48. The number of aromatic nitrogens is 1. The van der Waals surface area contributed by atoms with Crippen LogP contribution in [-0.2, 0) is 9.53 Å². The van der Waals surface area contributed by atoms with E-state index in [4.69, 9.17) is 0 Å². The molecular weight excluding hydrogens is 238 g/mol. The van der Waals surface area contributed by atoms with Crippen LogP contribution in [0.5, 0.6) is 0 Å².